The Labute approximate surface area is 120 Å². The second-order valence-corrected chi connectivity index (χ2v) is 7.82. The van der Waals surface area contributed by atoms with E-state index in [0.717, 1.165) is 18.8 Å². The van der Waals surface area contributed by atoms with Crippen LogP contribution in [0.3, 0.4) is 0 Å². The van der Waals surface area contributed by atoms with E-state index in [4.69, 9.17) is 18.8 Å². The number of hydrogen-bond donors (Lipinski definition) is 1. The first-order valence-electron chi connectivity index (χ1n) is 5.17. The molecule has 0 rings (SSSR count). The van der Waals surface area contributed by atoms with Gasteiger partial charge in [-0.1, -0.05) is 39.5 Å². The van der Waals surface area contributed by atoms with Crippen LogP contribution in [-0.4, -0.2) is 11.2 Å². The molecule has 6 heteroatoms. The second-order valence-electron chi connectivity index (χ2n) is 3.91. The Hall–Kier alpha value is 1.09. The maximum absolute atomic E-state index is 10.3. The van der Waals surface area contributed by atoms with Crippen LogP contribution in [0.25, 0.3) is 0 Å². The fraction of sp³-hybridized carbons (Fsp3) is 0.900. The molecule has 0 aromatic carbocycles. The summed E-state index contributed by atoms with van der Waals surface area (Å²) in [5, 5.41) is 9.70. The third-order valence-electron chi connectivity index (χ3n) is 2.03. The van der Waals surface area contributed by atoms with Gasteiger partial charge in [-0.3, -0.25) is 0 Å². The summed E-state index contributed by atoms with van der Waals surface area (Å²) < 4.78 is 0. The summed E-state index contributed by atoms with van der Waals surface area (Å²) in [4.78, 5) is 10.3. The van der Waals surface area contributed by atoms with E-state index >= 15 is 0 Å². The summed E-state index contributed by atoms with van der Waals surface area (Å²) in [6.45, 7) is 4.39. The number of aliphatic carboxylic acids is 1. The average molecular weight is 469 g/mol. The van der Waals surface area contributed by atoms with Crippen LogP contribution >= 0.6 is 31.5 Å². The van der Waals surface area contributed by atoms with Crippen molar-refractivity contribution in [2.45, 2.75) is 51.2 Å². The topological polar surface area (TPSA) is 40.1 Å². The van der Waals surface area contributed by atoms with Crippen LogP contribution in [0.2, 0.25) is 0 Å². The fourth-order valence-corrected chi connectivity index (χ4v) is 1.37. The van der Waals surface area contributed by atoms with Crippen molar-refractivity contribution in [1.29, 1.82) is 0 Å². The minimum absolute atomic E-state index is 0.472. The van der Waals surface area contributed by atoms with Crippen LogP contribution < -0.4 is 5.11 Å². The molecule has 0 amide bonds. The van der Waals surface area contributed by atoms with Gasteiger partial charge >= 0.3 is 35.3 Å². The predicted molar refractivity (Wildman–Crippen MR) is 67.4 cm³/mol. The van der Waals surface area contributed by atoms with Crippen LogP contribution in [0.15, 0.2) is 0 Å². The number of carboxylic acids is 1. The predicted octanol–water partition coefficient (Wildman–Crippen LogP) is 3.02. The van der Waals surface area contributed by atoms with Crippen molar-refractivity contribution < 1.29 is 26.4 Å². The molecule has 0 aliphatic heterocycles. The zero-order valence-electron chi connectivity index (χ0n) is 9.53. The van der Waals surface area contributed by atoms with Crippen molar-refractivity contribution in [3.8, 4) is 0 Å². The summed E-state index contributed by atoms with van der Waals surface area (Å²) in [5.74, 6) is -0.305. The number of carbonyl (C=O) groups excluding carboxylic acids is 1. The van der Waals surface area contributed by atoms with Crippen LogP contribution in [0.1, 0.15) is 46.0 Å². The van der Waals surface area contributed by atoms with Crippen molar-refractivity contribution in [2.75, 3.05) is 0 Å². The molecule has 0 aromatic rings. The SMILES string of the molecule is CC(C)CCCCCC(S)C(=O)[O-].[Cl][Pt+][Cl]. The Morgan fingerprint density at radius 2 is 1.69 bits per heavy atom. The van der Waals surface area contributed by atoms with E-state index < -0.39 is 27.7 Å². The second kappa shape index (κ2) is 14.2. The molecule has 0 aliphatic carbocycles. The van der Waals surface area contributed by atoms with Crippen molar-refractivity contribution in [3.05, 3.63) is 0 Å². The summed E-state index contributed by atoms with van der Waals surface area (Å²) in [7, 11) is 9.75. The third kappa shape index (κ3) is 17.5. The van der Waals surface area contributed by atoms with E-state index in [0.29, 0.717) is 6.42 Å². The summed E-state index contributed by atoms with van der Waals surface area (Å²) in [6.07, 6.45) is 5.08. The van der Waals surface area contributed by atoms with Crippen LogP contribution in [0, 0.1) is 5.92 Å². The van der Waals surface area contributed by atoms with Gasteiger partial charge in [0.05, 0.1) is 5.97 Å². The van der Waals surface area contributed by atoms with Gasteiger partial charge in [-0.05, 0) is 12.3 Å². The third-order valence-corrected chi connectivity index (χ3v) is 2.50. The number of carboxylic acid groups (broad SMARTS) is 1. The van der Waals surface area contributed by atoms with Crippen molar-refractivity contribution in [2.24, 2.45) is 5.92 Å². The van der Waals surface area contributed by atoms with E-state index in [1.807, 2.05) is 0 Å². The Bertz CT molecular complexity index is 171. The molecule has 1 unspecified atom stereocenters. The molecule has 0 fully saturated rings. The molecule has 1 atom stereocenters. The number of thiol groups is 1. The van der Waals surface area contributed by atoms with Gasteiger partial charge in [-0.15, -0.1) is 0 Å². The Morgan fingerprint density at radius 3 is 2.06 bits per heavy atom. The van der Waals surface area contributed by atoms with E-state index in [1.165, 1.54) is 12.8 Å². The Morgan fingerprint density at radius 1 is 1.25 bits per heavy atom. The molecule has 0 aromatic heterocycles. The molecule has 16 heavy (non-hydrogen) atoms. The van der Waals surface area contributed by atoms with Gasteiger partial charge < -0.3 is 9.90 Å². The molecule has 0 aliphatic rings. The van der Waals surface area contributed by atoms with Gasteiger partial charge in [0.2, 0.25) is 0 Å². The first kappa shape index (κ1) is 19.4. The number of halogens is 2. The molecule has 0 saturated carbocycles. The molecule has 0 heterocycles. The Balaban J connectivity index is 0. The number of carbonyl (C=O) groups is 1. The van der Waals surface area contributed by atoms with E-state index in [1.54, 1.807) is 0 Å². The average Bonchev–Trinajstić information content (AvgIpc) is 2.17. The zero-order valence-corrected chi connectivity index (χ0v) is 14.2. The van der Waals surface area contributed by atoms with E-state index in [-0.39, 0.29) is 0 Å². The number of hydrogen-bond acceptors (Lipinski definition) is 3. The summed E-state index contributed by atoms with van der Waals surface area (Å²) in [5.41, 5.74) is 0. The Kier molecular flexibility index (Phi) is 17.2. The van der Waals surface area contributed by atoms with Crippen LogP contribution in [-0.2, 0) is 21.3 Å². The van der Waals surface area contributed by atoms with Crippen LogP contribution in [0.5, 0.6) is 0 Å². The van der Waals surface area contributed by atoms with Crippen molar-refractivity contribution >= 4 is 37.4 Å². The monoisotopic (exact) mass is 468 g/mol. The van der Waals surface area contributed by atoms with Gasteiger partial charge in [0, 0.05) is 5.25 Å². The standard InChI is InChI=1S/C10H20O2S.2ClH.Pt/c1-8(2)6-4-3-5-7-9(13)10(11)12;;;/h8-9,13H,3-7H2,1-2H3,(H,11,12);2*1H;/q;;;+3/p-3. The number of rotatable bonds is 7. The van der Waals surface area contributed by atoms with Crippen molar-refractivity contribution in [3.63, 3.8) is 0 Å². The van der Waals surface area contributed by atoms with Gasteiger partial charge in [-0.25, -0.2) is 0 Å². The molecule has 0 N–H and O–H groups in total. The molecular formula is C10H19Cl2O2PtS. The van der Waals surface area contributed by atoms with Gasteiger partial charge in [0.25, 0.3) is 0 Å². The molecule has 101 valence electrons. The molecule has 0 spiro atoms. The van der Waals surface area contributed by atoms with E-state index in [9.17, 15) is 9.90 Å². The molecule has 0 saturated heterocycles. The quantitative estimate of drug-likeness (QED) is 0.460. The molecule has 0 bridgehead atoms. The normalized spacial score (nSPS) is 12.1. The molecule has 2 nitrogen and oxygen atoms in total. The summed E-state index contributed by atoms with van der Waals surface area (Å²) >= 11 is 3.43. The molecule has 0 radical (unpaired) electrons. The van der Waals surface area contributed by atoms with Gasteiger partial charge in [-0.2, -0.15) is 12.6 Å². The van der Waals surface area contributed by atoms with Gasteiger partial charge in [0.1, 0.15) is 0 Å². The number of unbranched alkanes of at least 4 members (excludes halogenated alkanes) is 2. The van der Waals surface area contributed by atoms with E-state index in [2.05, 4.69) is 26.5 Å². The van der Waals surface area contributed by atoms with Gasteiger partial charge in [0.15, 0.2) is 0 Å². The first-order valence-corrected chi connectivity index (χ1v) is 11.3. The van der Waals surface area contributed by atoms with Crippen molar-refractivity contribution in [1.82, 2.24) is 0 Å². The first-order chi connectivity index (χ1) is 7.45. The maximum atomic E-state index is 10.3. The minimum atomic E-state index is -1.05. The summed E-state index contributed by atoms with van der Waals surface area (Å²) in [6, 6.07) is 0. The molecular weight excluding hydrogens is 450 g/mol. The van der Waals surface area contributed by atoms with Crippen LogP contribution in [0.4, 0.5) is 0 Å². The zero-order chi connectivity index (χ0) is 13.0. The fourth-order valence-electron chi connectivity index (χ4n) is 1.18.